The molecule has 0 aromatic heterocycles. The number of aromatic hydroxyl groups is 1. The summed E-state index contributed by atoms with van der Waals surface area (Å²) >= 11 is 0. The molecule has 0 unspecified atom stereocenters. The van der Waals surface area contributed by atoms with E-state index in [2.05, 4.69) is 22.3 Å². The van der Waals surface area contributed by atoms with E-state index in [1.54, 1.807) is 0 Å². The number of nitrogens with zero attached hydrogens (tertiary/aromatic N) is 2. The summed E-state index contributed by atoms with van der Waals surface area (Å²) in [6.45, 7) is 2.15. The Bertz CT molecular complexity index is 751. The van der Waals surface area contributed by atoms with Crippen LogP contribution in [0.2, 0.25) is 0 Å². The topological polar surface area (TPSA) is 87.9 Å². The highest BCUT2D eigenvalue weighted by Gasteiger charge is 2.24. The highest BCUT2D eigenvalue weighted by molar-refractivity contribution is 5.53. The predicted octanol–water partition coefficient (Wildman–Crippen LogP) is 2.68. The number of nitrogens with one attached hydrogen (secondary N) is 1. The monoisotopic (exact) mass is 343 g/mol. The Morgan fingerprint density at radius 3 is 2.80 bits per heavy atom. The largest absolute Gasteiger partial charge is 0.504 e. The first-order chi connectivity index (χ1) is 12.1. The number of methoxy groups -OCH3 is 1. The molecule has 2 N–H and O–H groups in total. The molecule has 132 valence electrons. The molecule has 1 aliphatic heterocycles. The molecule has 1 aliphatic rings. The van der Waals surface area contributed by atoms with Gasteiger partial charge in [-0.15, -0.1) is 0 Å². The Balaban J connectivity index is 1.67. The SMILES string of the molecule is COc1cc(CN[C@@H]2CCN(c3ccccc3)C2)c([N+](=O)[O-])cc1O. The van der Waals surface area contributed by atoms with Crippen molar-refractivity contribution < 1.29 is 14.8 Å². The van der Waals surface area contributed by atoms with Crippen molar-refractivity contribution >= 4 is 11.4 Å². The van der Waals surface area contributed by atoms with Gasteiger partial charge in [0.2, 0.25) is 0 Å². The van der Waals surface area contributed by atoms with Gasteiger partial charge in [-0.1, -0.05) is 18.2 Å². The minimum absolute atomic E-state index is 0.108. The molecule has 1 fully saturated rings. The number of rotatable bonds is 6. The number of phenolic OH excluding ortho intramolecular Hbond substituents is 1. The van der Waals surface area contributed by atoms with Crippen LogP contribution >= 0.6 is 0 Å². The van der Waals surface area contributed by atoms with E-state index in [1.807, 2.05) is 18.2 Å². The summed E-state index contributed by atoms with van der Waals surface area (Å²) in [6, 6.07) is 13.1. The number of ether oxygens (including phenoxy) is 1. The second-order valence-electron chi connectivity index (χ2n) is 6.06. The van der Waals surface area contributed by atoms with Crippen molar-refractivity contribution in [1.29, 1.82) is 0 Å². The van der Waals surface area contributed by atoms with Crippen molar-refractivity contribution in [1.82, 2.24) is 5.32 Å². The fourth-order valence-electron chi connectivity index (χ4n) is 3.13. The van der Waals surface area contributed by atoms with E-state index in [0.717, 1.165) is 25.6 Å². The van der Waals surface area contributed by atoms with Gasteiger partial charge in [-0.3, -0.25) is 10.1 Å². The third kappa shape index (κ3) is 3.83. The van der Waals surface area contributed by atoms with Crippen molar-refractivity contribution in [3.63, 3.8) is 0 Å². The second-order valence-corrected chi connectivity index (χ2v) is 6.06. The molecule has 2 aromatic rings. The van der Waals surface area contributed by atoms with Crippen molar-refractivity contribution in [2.24, 2.45) is 0 Å². The maximum atomic E-state index is 11.2. The number of hydrogen-bond acceptors (Lipinski definition) is 6. The van der Waals surface area contributed by atoms with Gasteiger partial charge in [0, 0.05) is 36.9 Å². The fourth-order valence-corrected chi connectivity index (χ4v) is 3.13. The summed E-state index contributed by atoms with van der Waals surface area (Å²) in [7, 11) is 1.42. The standard InChI is InChI=1S/C18H21N3O4/c1-25-18-9-13(16(21(23)24)10-17(18)22)11-19-14-7-8-20(12-14)15-5-3-2-4-6-15/h2-6,9-10,14,19,22H,7-8,11-12H2,1H3/t14-/m1/s1. The fraction of sp³-hybridized carbons (Fsp3) is 0.333. The molecule has 0 radical (unpaired) electrons. The molecular formula is C18H21N3O4. The first kappa shape index (κ1) is 17.0. The number of para-hydroxylation sites is 1. The van der Waals surface area contributed by atoms with Crippen LogP contribution in [0.1, 0.15) is 12.0 Å². The summed E-state index contributed by atoms with van der Waals surface area (Å²) in [5, 5.41) is 24.4. The Morgan fingerprint density at radius 1 is 1.36 bits per heavy atom. The lowest BCUT2D eigenvalue weighted by molar-refractivity contribution is -0.385. The quantitative estimate of drug-likeness (QED) is 0.619. The molecule has 0 spiro atoms. The molecule has 0 bridgehead atoms. The zero-order valence-corrected chi connectivity index (χ0v) is 14.0. The molecule has 1 heterocycles. The molecule has 7 heteroatoms. The predicted molar refractivity (Wildman–Crippen MR) is 95.2 cm³/mol. The number of anilines is 1. The van der Waals surface area contributed by atoms with Gasteiger partial charge >= 0.3 is 0 Å². The second kappa shape index (κ2) is 7.40. The Hall–Kier alpha value is -2.80. The third-order valence-electron chi connectivity index (χ3n) is 4.47. The van der Waals surface area contributed by atoms with E-state index in [-0.39, 0.29) is 23.2 Å². The summed E-state index contributed by atoms with van der Waals surface area (Å²) in [4.78, 5) is 13.0. The van der Waals surface area contributed by atoms with Crippen LogP contribution in [0.15, 0.2) is 42.5 Å². The third-order valence-corrected chi connectivity index (χ3v) is 4.47. The molecule has 0 aliphatic carbocycles. The van der Waals surface area contributed by atoms with Crippen LogP contribution in [-0.4, -0.2) is 36.3 Å². The van der Waals surface area contributed by atoms with Crippen molar-refractivity contribution in [2.75, 3.05) is 25.1 Å². The molecule has 2 aromatic carbocycles. The van der Waals surface area contributed by atoms with E-state index in [0.29, 0.717) is 12.1 Å². The maximum Gasteiger partial charge on any atom is 0.277 e. The first-order valence-electron chi connectivity index (χ1n) is 8.16. The van der Waals surface area contributed by atoms with E-state index in [1.165, 1.54) is 18.9 Å². The van der Waals surface area contributed by atoms with Gasteiger partial charge in [0.05, 0.1) is 18.1 Å². The number of nitro benzene ring substituents is 1. The van der Waals surface area contributed by atoms with Gasteiger partial charge in [-0.05, 0) is 24.6 Å². The molecule has 25 heavy (non-hydrogen) atoms. The van der Waals surface area contributed by atoms with Gasteiger partial charge in [0.15, 0.2) is 11.5 Å². The average Bonchev–Trinajstić information content (AvgIpc) is 3.10. The van der Waals surface area contributed by atoms with E-state index in [4.69, 9.17) is 4.74 Å². The lowest BCUT2D eigenvalue weighted by atomic mass is 10.1. The summed E-state index contributed by atoms with van der Waals surface area (Å²) < 4.78 is 5.06. The molecular weight excluding hydrogens is 322 g/mol. The smallest absolute Gasteiger partial charge is 0.277 e. The number of hydrogen-bond donors (Lipinski definition) is 2. The lowest BCUT2D eigenvalue weighted by Crippen LogP contribution is -2.32. The van der Waals surface area contributed by atoms with E-state index >= 15 is 0 Å². The van der Waals surface area contributed by atoms with Crippen LogP contribution in [0.5, 0.6) is 11.5 Å². The minimum Gasteiger partial charge on any atom is -0.504 e. The summed E-state index contributed by atoms with van der Waals surface area (Å²) in [5.74, 6) is 0.00815. The normalized spacial score (nSPS) is 16.8. The Labute approximate surface area is 146 Å². The maximum absolute atomic E-state index is 11.2. The molecule has 1 atom stereocenters. The van der Waals surface area contributed by atoms with Crippen LogP contribution in [0, 0.1) is 10.1 Å². The van der Waals surface area contributed by atoms with Crippen LogP contribution in [-0.2, 0) is 6.54 Å². The average molecular weight is 343 g/mol. The number of nitro groups is 1. The van der Waals surface area contributed by atoms with Crippen molar-refractivity contribution in [3.05, 3.63) is 58.1 Å². The first-order valence-corrected chi connectivity index (χ1v) is 8.16. The summed E-state index contributed by atoms with van der Waals surface area (Å²) in [6.07, 6.45) is 0.970. The van der Waals surface area contributed by atoms with Crippen LogP contribution in [0.25, 0.3) is 0 Å². The van der Waals surface area contributed by atoms with Crippen LogP contribution in [0.4, 0.5) is 11.4 Å². The van der Waals surface area contributed by atoms with Gasteiger partial charge in [-0.25, -0.2) is 0 Å². The lowest BCUT2D eigenvalue weighted by Gasteiger charge is -2.19. The van der Waals surface area contributed by atoms with Crippen molar-refractivity contribution in [3.8, 4) is 11.5 Å². The number of phenols is 1. The molecule has 1 saturated heterocycles. The molecule has 0 amide bonds. The van der Waals surface area contributed by atoms with Crippen LogP contribution < -0.4 is 15.0 Å². The number of benzene rings is 2. The van der Waals surface area contributed by atoms with Gasteiger partial charge < -0.3 is 20.1 Å². The highest BCUT2D eigenvalue weighted by atomic mass is 16.6. The zero-order valence-electron chi connectivity index (χ0n) is 14.0. The van der Waals surface area contributed by atoms with Gasteiger partial charge in [-0.2, -0.15) is 0 Å². The van der Waals surface area contributed by atoms with E-state index < -0.39 is 4.92 Å². The van der Waals surface area contributed by atoms with Gasteiger partial charge in [0.1, 0.15) is 0 Å². The highest BCUT2D eigenvalue weighted by Crippen LogP contribution is 2.33. The Kier molecular flexibility index (Phi) is 5.04. The summed E-state index contributed by atoms with van der Waals surface area (Å²) in [5.41, 5.74) is 1.57. The molecule has 3 rings (SSSR count). The molecule has 7 nitrogen and oxygen atoms in total. The van der Waals surface area contributed by atoms with Crippen LogP contribution in [0.3, 0.4) is 0 Å². The Morgan fingerprint density at radius 2 is 2.12 bits per heavy atom. The zero-order chi connectivity index (χ0) is 17.8. The molecule has 0 saturated carbocycles. The minimum atomic E-state index is -0.485. The van der Waals surface area contributed by atoms with Gasteiger partial charge in [0.25, 0.3) is 5.69 Å². The van der Waals surface area contributed by atoms with Crippen molar-refractivity contribution in [2.45, 2.75) is 19.0 Å². The van der Waals surface area contributed by atoms with E-state index in [9.17, 15) is 15.2 Å².